The topological polar surface area (TPSA) is 38.1 Å². The van der Waals surface area contributed by atoms with Gasteiger partial charge in [0.05, 0.1) is 5.69 Å². The maximum atomic E-state index is 5.37. The van der Waals surface area contributed by atoms with Gasteiger partial charge in [0, 0.05) is 12.5 Å². The first-order valence-electron chi connectivity index (χ1n) is 4.48. The van der Waals surface area contributed by atoms with Gasteiger partial charge in [-0.15, -0.1) is 0 Å². The van der Waals surface area contributed by atoms with Crippen molar-refractivity contribution >= 4 is 0 Å². The molecule has 0 saturated carbocycles. The van der Waals surface area contributed by atoms with Crippen LogP contribution in [0.2, 0.25) is 0 Å². The highest BCUT2D eigenvalue weighted by Crippen LogP contribution is 2.29. The molecule has 0 aliphatic heterocycles. The Bertz CT molecular complexity index is 257. The zero-order chi connectivity index (χ0) is 8.39. The molecule has 0 fully saturated rings. The van der Waals surface area contributed by atoms with Crippen molar-refractivity contribution in [1.82, 2.24) is 10.3 Å². The Balaban J connectivity index is 2.19. The van der Waals surface area contributed by atoms with Crippen LogP contribution in [0, 0.1) is 0 Å². The molecule has 0 spiro atoms. The molecule has 0 saturated heterocycles. The molecule has 1 aliphatic carbocycles. The van der Waals surface area contributed by atoms with E-state index in [1.807, 2.05) is 7.05 Å². The second-order valence-electron chi connectivity index (χ2n) is 3.31. The van der Waals surface area contributed by atoms with Crippen LogP contribution in [0.15, 0.2) is 10.8 Å². The van der Waals surface area contributed by atoms with Crippen molar-refractivity contribution in [2.24, 2.45) is 0 Å². The molecule has 1 heterocycles. The Morgan fingerprint density at radius 3 is 3.50 bits per heavy atom. The summed E-state index contributed by atoms with van der Waals surface area (Å²) in [5.41, 5.74) is 1.17. The first kappa shape index (κ1) is 7.80. The van der Waals surface area contributed by atoms with Crippen molar-refractivity contribution in [2.45, 2.75) is 25.2 Å². The average Bonchev–Trinajstić information content (AvgIpc) is 2.53. The molecule has 12 heavy (non-hydrogen) atoms. The van der Waals surface area contributed by atoms with Gasteiger partial charge in [-0.3, -0.25) is 0 Å². The van der Waals surface area contributed by atoms with Gasteiger partial charge in [-0.25, -0.2) is 4.98 Å². The predicted molar refractivity (Wildman–Crippen MR) is 46.1 cm³/mol. The quantitative estimate of drug-likeness (QED) is 0.720. The van der Waals surface area contributed by atoms with E-state index in [4.69, 9.17) is 4.42 Å². The van der Waals surface area contributed by atoms with E-state index >= 15 is 0 Å². The van der Waals surface area contributed by atoms with Gasteiger partial charge in [-0.05, 0) is 26.3 Å². The average molecular weight is 166 g/mol. The van der Waals surface area contributed by atoms with Crippen molar-refractivity contribution in [1.29, 1.82) is 0 Å². The highest BCUT2D eigenvalue weighted by molar-refractivity contribution is 5.16. The number of aryl methyl sites for hydroxylation is 1. The van der Waals surface area contributed by atoms with Gasteiger partial charge >= 0.3 is 0 Å². The minimum Gasteiger partial charge on any atom is -0.448 e. The van der Waals surface area contributed by atoms with Crippen LogP contribution in [0.5, 0.6) is 0 Å². The second-order valence-corrected chi connectivity index (χ2v) is 3.31. The van der Waals surface area contributed by atoms with E-state index < -0.39 is 0 Å². The number of hydrogen-bond donors (Lipinski definition) is 1. The first-order valence-corrected chi connectivity index (χ1v) is 4.48. The second kappa shape index (κ2) is 3.27. The van der Waals surface area contributed by atoms with Crippen molar-refractivity contribution in [3.63, 3.8) is 0 Å². The SMILES string of the molecule is CNCC1CCCc2ncoc21. The molecule has 1 aromatic heterocycles. The number of nitrogens with zero attached hydrogens (tertiary/aromatic N) is 1. The molecule has 66 valence electrons. The molecule has 0 amide bonds. The van der Waals surface area contributed by atoms with Crippen LogP contribution in [-0.4, -0.2) is 18.6 Å². The summed E-state index contributed by atoms with van der Waals surface area (Å²) in [6, 6.07) is 0. The fourth-order valence-corrected chi connectivity index (χ4v) is 1.89. The lowest BCUT2D eigenvalue weighted by atomic mass is 9.91. The van der Waals surface area contributed by atoms with Crippen LogP contribution in [-0.2, 0) is 6.42 Å². The number of oxazole rings is 1. The highest BCUT2D eigenvalue weighted by atomic mass is 16.3. The van der Waals surface area contributed by atoms with Crippen molar-refractivity contribution in [2.75, 3.05) is 13.6 Å². The predicted octanol–water partition coefficient (Wildman–Crippen LogP) is 1.31. The number of rotatable bonds is 2. The third-order valence-electron chi connectivity index (χ3n) is 2.46. The minimum atomic E-state index is 0.543. The molecule has 1 atom stereocenters. The fraction of sp³-hybridized carbons (Fsp3) is 0.667. The Morgan fingerprint density at radius 1 is 1.75 bits per heavy atom. The van der Waals surface area contributed by atoms with E-state index in [0.717, 1.165) is 18.7 Å². The van der Waals surface area contributed by atoms with Gasteiger partial charge in [0.15, 0.2) is 6.39 Å². The van der Waals surface area contributed by atoms with E-state index in [-0.39, 0.29) is 0 Å². The van der Waals surface area contributed by atoms with Crippen molar-refractivity contribution < 1.29 is 4.42 Å². The van der Waals surface area contributed by atoms with E-state index in [1.54, 1.807) is 6.39 Å². The molecular weight excluding hydrogens is 152 g/mol. The largest absolute Gasteiger partial charge is 0.448 e. The van der Waals surface area contributed by atoms with Gasteiger partial charge in [0.2, 0.25) is 0 Å². The number of nitrogens with one attached hydrogen (secondary N) is 1. The lowest BCUT2D eigenvalue weighted by Crippen LogP contribution is -2.20. The summed E-state index contributed by atoms with van der Waals surface area (Å²) in [5.74, 6) is 1.65. The van der Waals surface area contributed by atoms with E-state index in [2.05, 4.69) is 10.3 Å². The molecule has 0 radical (unpaired) electrons. The monoisotopic (exact) mass is 166 g/mol. The summed E-state index contributed by atoms with van der Waals surface area (Å²) in [6.07, 6.45) is 5.12. The van der Waals surface area contributed by atoms with Crippen LogP contribution >= 0.6 is 0 Å². The van der Waals surface area contributed by atoms with E-state index in [0.29, 0.717) is 5.92 Å². The van der Waals surface area contributed by atoms with Crippen LogP contribution in [0.3, 0.4) is 0 Å². The summed E-state index contributed by atoms with van der Waals surface area (Å²) in [5, 5.41) is 3.18. The van der Waals surface area contributed by atoms with Gasteiger partial charge in [-0.1, -0.05) is 0 Å². The van der Waals surface area contributed by atoms with Crippen LogP contribution in [0.25, 0.3) is 0 Å². The van der Waals surface area contributed by atoms with Crippen LogP contribution in [0.1, 0.15) is 30.2 Å². The molecule has 2 rings (SSSR count). The molecule has 0 bridgehead atoms. The molecule has 1 aliphatic rings. The number of fused-ring (bicyclic) bond motifs is 1. The minimum absolute atomic E-state index is 0.543. The smallest absolute Gasteiger partial charge is 0.181 e. The van der Waals surface area contributed by atoms with Gasteiger partial charge in [-0.2, -0.15) is 0 Å². The molecule has 3 nitrogen and oxygen atoms in total. The number of likely N-dealkylation sites (N-methyl/N-ethyl adjacent to an activating group) is 1. The normalized spacial score (nSPS) is 22.2. The van der Waals surface area contributed by atoms with Crippen molar-refractivity contribution in [3.05, 3.63) is 17.8 Å². The maximum Gasteiger partial charge on any atom is 0.181 e. The lowest BCUT2D eigenvalue weighted by Gasteiger charge is -2.19. The molecule has 3 heteroatoms. The fourth-order valence-electron chi connectivity index (χ4n) is 1.89. The number of hydrogen-bond acceptors (Lipinski definition) is 3. The van der Waals surface area contributed by atoms with Gasteiger partial charge < -0.3 is 9.73 Å². The van der Waals surface area contributed by atoms with E-state index in [1.165, 1.54) is 18.5 Å². The summed E-state index contributed by atoms with van der Waals surface area (Å²) >= 11 is 0. The summed E-state index contributed by atoms with van der Waals surface area (Å²) in [7, 11) is 1.98. The van der Waals surface area contributed by atoms with Gasteiger partial charge in [0.25, 0.3) is 0 Å². The molecule has 1 aromatic rings. The first-order chi connectivity index (χ1) is 5.92. The Hall–Kier alpha value is -0.830. The highest BCUT2D eigenvalue weighted by Gasteiger charge is 2.23. The molecule has 1 N–H and O–H groups in total. The standard InChI is InChI=1S/C9H14N2O/c1-10-5-7-3-2-4-8-9(7)12-6-11-8/h6-7,10H,2-5H2,1H3. The Labute approximate surface area is 72.2 Å². The molecule has 0 aromatic carbocycles. The third kappa shape index (κ3) is 1.25. The lowest BCUT2D eigenvalue weighted by molar-refractivity contribution is 0.408. The Morgan fingerprint density at radius 2 is 2.67 bits per heavy atom. The zero-order valence-corrected chi connectivity index (χ0v) is 7.34. The molecular formula is C9H14N2O. The zero-order valence-electron chi connectivity index (χ0n) is 7.34. The summed E-state index contributed by atoms with van der Waals surface area (Å²) < 4.78 is 5.37. The summed E-state index contributed by atoms with van der Waals surface area (Å²) in [4.78, 5) is 4.19. The maximum absolute atomic E-state index is 5.37. The van der Waals surface area contributed by atoms with Crippen LogP contribution < -0.4 is 5.32 Å². The number of aromatic nitrogens is 1. The van der Waals surface area contributed by atoms with E-state index in [9.17, 15) is 0 Å². The van der Waals surface area contributed by atoms with Gasteiger partial charge in [0.1, 0.15) is 5.76 Å². The third-order valence-corrected chi connectivity index (χ3v) is 2.46. The Kier molecular flexibility index (Phi) is 2.13. The molecule has 1 unspecified atom stereocenters. The summed E-state index contributed by atoms with van der Waals surface area (Å²) in [6.45, 7) is 1.00. The van der Waals surface area contributed by atoms with Crippen molar-refractivity contribution in [3.8, 4) is 0 Å². The van der Waals surface area contributed by atoms with Crippen LogP contribution in [0.4, 0.5) is 0 Å².